The van der Waals surface area contributed by atoms with Crippen molar-refractivity contribution in [3.05, 3.63) is 22.5 Å². The van der Waals surface area contributed by atoms with Crippen LogP contribution in [-0.4, -0.2) is 73.6 Å². The van der Waals surface area contributed by atoms with Crippen LogP contribution in [0.4, 0.5) is 5.95 Å². The van der Waals surface area contributed by atoms with Crippen LogP contribution >= 0.6 is 0 Å². The third kappa shape index (κ3) is 7.89. The summed E-state index contributed by atoms with van der Waals surface area (Å²) in [5.74, 6) is -0.710. The van der Waals surface area contributed by atoms with Gasteiger partial charge in [-0.3, -0.25) is 4.79 Å². The Morgan fingerprint density at radius 2 is 1.72 bits per heavy atom. The van der Waals surface area contributed by atoms with E-state index in [0.29, 0.717) is 30.9 Å². The number of esters is 1. The summed E-state index contributed by atoms with van der Waals surface area (Å²) in [4.78, 5) is 25.5. The van der Waals surface area contributed by atoms with Crippen molar-refractivity contribution in [2.75, 3.05) is 20.2 Å². The summed E-state index contributed by atoms with van der Waals surface area (Å²) < 4.78 is 5.91. The summed E-state index contributed by atoms with van der Waals surface area (Å²) in [6, 6.07) is 0. The second kappa shape index (κ2) is 12.1. The molecule has 0 aromatic carbocycles. The zero-order valence-electron chi connectivity index (χ0n) is 19.2. The van der Waals surface area contributed by atoms with Gasteiger partial charge in [-0.1, -0.05) is 15.3 Å². The van der Waals surface area contributed by atoms with Crippen molar-refractivity contribution in [1.82, 2.24) is 20.2 Å². The number of oxime groups is 2. The van der Waals surface area contributed by atoms with E-state index in [1.165, 1.54) is 24.1 Å². The Bertz CT molecular complexity index is 832. The second-order valence-electron chi connectivity index (χ2n) is 8.24. The number of hydrogen-bond donors (Lipinski definition) is 4. The van der Waals surface area contributed by atoms with Crippen LogP contribution in [0, 0.1) is 10.1 Å². The van der Waals surface area contributed by atoms with Gasteiger partial charge in [-0.25, -0.2) is 4.57 Å². The molecule has 1 heterocycles. The Hall–Kier alpha value is -3.06. The Balaban J connectivity index is 2.56. The molecule has 0 amide bonds. The third-order valence-corrected chi connectivity index (χ3v) is 5.14. The fraction of sp³-hybridized carbons (Fsp3) is 0.684. The van der Waals surface area contributed by atoms with Crippen LogP contribution in [-0.2, 0) is 16.1 Å². The van der Waals surface area contributed by atoms with E-state index in [4.69, 9.17) is 0 Å². The van der Waals surface area contributed by atoms with Crippen LogP contribution in [0.15, 0.2) is 22.7 Å². The zero-order valence-corrected chi connectivity index (χ0v) is 19.2. The van der Waals surface area contributed by atoms with Crippen LogP contribution in [0.25, 0.3) is 0 Å². The van der Waals surface area contributed by atoms with Gasteiger partial charge in [0.1, 0.15) is 24.7 Å². The highest BCUT2D eigenvalue weighted by Gasteiger charge is 2.29. The summed E-state index contributed by atoms with van der Waals surface area (Å²) in [5, 5.41) is 43.0. The SMILES string of the molecule is COC(=O)CC/C(=N\O)C(C)(C)NCCCNC(C)(C)/C(Cn1ccnc1[N+](=O)[O-])=N/O. The van der Waals surface area contributed by atoms with Crippen molar-refractivity contribution in [1.29, 1.82) is 0 Å². The number of carbonyl (C=O) groups is 1. The van der Waals surface area contributed by atoms with Crippen LogP contribution in [0.3, 0.4) is 0 Å². The molecule has 0 radical (unpaired) electrons. The number of carbonyl (C=O) groups excluding carboxylic acids is 1. The van der Waals surface area contributed by atoms with E-state index in [-0.39, 0.29) is 31.3 Å². The fourth-order valence-corrected chi connectivity index (χ4v) is 3.02. The lowest BCUT2D eigenvalue weighted by Crippen LogP contribution is -2.50. The average molecular weight is 456 g/mol. The molecule has 0 saturated heterocycles. The molecule has 0 saturated carbocycles. The van der Waals surface area contributed by atoms with Crippen LogP contribution in [0.2, 0.25) is 0 Å². The lowest BCUT2D eigenvalue weighted by Gasteiger charge is -2.29. The van der Waals surface area contributed by atoms with Crippen molar-refractivity contribution >= 4 is 23.3 Å². The first-order valence-electron chi connectivity index (χ1n) is 10.1. The van der Waals surface area contributed by atoms with E-state index in [1.807, 2.05) is 27.7 Å². The van der Waals surface area contributed by atoms with E-state index >= 15 is 0 Å². The van der Waals surface area contributed by atoms with E-state index in [1.54, 1.807) is 0 Å². The number of imidazole rings is 1. The first-order valence-corrected chi connectivity index (χ1v) is 10.1. The highest BCUT2D eigenvalue weighted by Crippen LogP contribution is 2.14. The van der Waals surface area contributed by atoms with E-state index in [9.17, 15) is 25.3 Å². The van der Waals surface area contributed by atoms with Gasteiger partial charge in [-0.05, 0) is 52.1 Å². The van der Waals surface area contributed by atoms with Gasteiger partial charge < -0.3 is 35.9 Å². The highest BCUT2D eigenvalue weighted by atomic mass is 16.6. The highest BCUT2D eigenvalue weighted by molar-refractivity contribution is 5.94. The molecule has 0 aliphatic heterocycles. The maximum Gasteiger partial charge on any atom is 0.434 e. The predicted molar refractivity (Wildman–Crippen MR) is 117 cm³/mol. The minimum atomic E-state index is -0.735. The van der Waals surface area contributed by atoms with E-state index < -0.39 is 16.0 Å². The molecule has 0 fully saturated rings. The molecule has 0 bridgehead atoms. The van der Waals surface area contributed by atoms with Gasteiger partial charge in [0, 0.05) is 6.42 Å². The number of nitrogens with one attached hydrogen (secondary N) is 2. The van der Waals surface area contributed by atoms with Gasteiger partial charge >= 0.3 is 11.9 Å². The van der Waals surface area contributed by atoms with Crippen molar-refractivity contribution in [2.45, 2.75) is 64.6 Å². The minimum absolute atomic E-state index is 0.00854. The summed E-state index contributed by atoms with van der Waals surface area (Å²) in [6.45, 7) is 8.46. The Morgan fingerprint density at radius 1 is 1.16 bits per heavy atom. The smallest absolute Gasteiger partial charge is 0.434 e. The molecular formula is C19H33N7O6. The Morgan fingerprint density at radius 3 is 2.22 bits per heavy atom. The van der Waals surface area contributed by atoms with Crippen LogP contribution < -0.4 is 10.6 Å². The molecule has 0 atom stereocenters. The van der Waals surface area contributed by atoms with Crippen LogP contribution in [0.1, 0.15) is 47.0 Å². The molecule has 0 aliphatic rings. The lowest BCUT2D eigenvalue weighted by atomic mass is 9.94. The lowest BCUT2D eigenvalue weighted by molar-refractivity contribution is -0.396. The van der Waals surface area contributed by atoms with Crippen molar-refractivity contribution in [2.24, 2.45) is 10.3 Å². The second-order valence-corrected chi connectivity index (χ2v) is 8.24. The number of nitrogens with zero attached hydrogens (tertiary/aromatic N) is 5. The fourth-order valence-electron chi connectivity index (χ4n) is 3.02. The molecule has 0 aliphatic carbocycles. The molecule has 13 heteroatoms. The summed E-state index contributed by atoms with van der Waals surface area (Å²) in [5.41, 5.74) is -0.617. The van der Waals surface area contributed by atoms with Gasteiger partial charge in [-0.2, -0.15) is 0 Å². The largest absolute Gasteiger partial charge is 0.469 e. The van der Waals surface area contributed by atoms with E-state index in [0.717, 1.165) is 0 Å². The van der Waals surface area contributed by atoms with E-state index in [2.05, 4.69) is 30.7 Å². The number of rotatable bonds is 14. The van der Waals surface area contributed by atoms with Gasteiger partial charge in [0.05, 0.1) is 30.3 Å². The van der Waals surface area contributed by atoms with Gasteiger partial charge in [0.25, 0.3) is 0 Å². The molecule has 32 heavy (non-hydrogen) atoms. The van der Waals surface area contributed by atoms with Gasteiger partial charge in [-0.15, -0.1) is 0 Å². The molecule has 180 valence electrons. The topological polar surface area (TPSA) is 176 Å². The average Bonchev–Trinajstić information content (AvgIpc) is 3.20. The monoisotopic (exact) mass is 455 g/mol. The standard InChI is InChI=1S/C19H33N7O6/c1-18(2,14(23-28)7-8-16(27)32-5)21-9-6-10-22-19(3,4)15(24-29)13-25-12-11-20-17(25)26(30)31/h11-12,21-22,28-29H,6-10,13H2,1-5H3/b23-14+,24-15+. The van der Waals surface area contributed by atoms with Crippen molar-refractivity contribution in [3.8, 4) is 0 Å². The molecule has 13 nitrogen and oxygen atoms in total. The molecule has 4 N–H and O–H groups in total. The Kier molecular flexibility index (Phi) is 10.2. The number of methoxy groups -OCH3 is 1. The number of hydrogen-bond acceptors (Lipinski definition) is 11. The normalized spacial score (nSPS) is 13.3. The first kappa shape index (κ1) is 27.0. The molecule has 1 rings (SSSR count). The van der Waals surface area contributed by atoms with Crippen molar-refractivity contribution in [3.63, 3.8) is 0 Å². The summed E-state index contributed by atoms with van der Waals surface area (Å²) in [7, 11) is 1.31. The van der Waals surface area contributed by atoms with Gasteiger partial charge in [0.15, 0.2) is 0 Å². The van der Waals surface area contributed by atoms with Crippen molar-refractivity contribution < 1.29 is 24.9 Å². The molecule has 0 spiro atoms. The van der Waals surface area contributed by atoms with Crippen LogP contribution in [0.5, 0.6) is 0 Å². The number of aromatic nitrogens is 2. The Labute approximate surface area is 186 Å². The molecule has 1 aromatic heterocycles. The molecular weight excluding hydrogens is 422 g/mol. The van der Waals surface area contributed by atoms with Gasteiger partial charge in [0.2, 0.25) is 0 Å². The maximum absolute atomic E-state index is 11.3. The maximum atomic E-state index is 11.3. The summed E-state index contributed by atoms with van der Waals surface area (Å²) >= 11 is 0. The first-order chi connectivity index (χ1) is 15.0. The quantitative estimate of drug-likeness (QED) is 0.0809. The number of nitro groups is 1. The number of ether oxygens (including phenoxy) is 1. The third-order valence-electron chi connectivity index (χ3n) is 5.14. The minimum Gasteiger partial charge on any atom is -0.469 e. The predicted octanol–water partition coefficient (Wildman–Crippen LogP) is 1.53. The summed E-state index contributed by atoms with van der Waals surface area (Å²) in [6.07, 6.45) is 3.84. The molecule has 1 aromatic rings. The zero-order chi connectivity index (χ0) is 24.4. The molecule has 0 unspecified atom stereocenters.